The molecular formula is C24H18ClFN2O3. The number of nitrogens with zero attached hydrogens (tertiary/aromatic N) is 2. The summed E-state index contributed by atoms with van der Waals surface area (Å²) in [5, 5.41) is 21.4. The molecule has 31 heavy (non-hydrogen) atoms. The predicted octanol–water partition coefficient (Wildman–Crippen LogP) is 5.99. The van der Waals surface area contributed by atoms with Crippen molar-refractivity contribution in [1.29, 1.82) is 5.26 Å². The van der Waals surface area contributed by atoms with Gasteiger partial charge in [0.05, 0.1) is 6.07 Å². The first kappa shape index (κ1) is 20.9. The lowest BCUT2D eigenvalue weighted by Crippen LogP contribution is -2.01. The largest absolute Gasteiger partial charge is 0.493 e. The quantitative estimate of drug-likeness (QED) is 0.296. The summed E-state index contributed by atoms with van der Waals surface area (Å²) in [4.78, 5) is 3.82. The first-order valence-corrected chi connectivity index (χ1v) is 9.93. The Morgan fingerprint density at radius 2 is 1.94 bits per heavy atom. The maximum atomic E-state index is 16.0. The van der Waals surface area contributed by atoms with E-state index in [1.165, 1.54) is 13.2 Å². The second kappa shape index (κ2) is 8.76. The highest BCUT2D eigenvalue weighted by atomic mass is 35.5. The van der Waals surface area contributed by atoms with E-state index >= 15 is 4.39 Å². The van der Waals surface area contributed by atoms with Crippen LogP contribution in [0.3, 0.4) is 0 Å². The van der Waals surface area contributed by atoms with Gasteiger partial charge in [0.25, 0.3) is 0 Å². The molecule has 7 heteroatoms. The summed E-state index contributed by atoms with van der Waals surface area (Å²) in [5.74, 6) is -0.371. The summed E-state index contributed by atoms with van der Waals surface area (Å²) >= 11 is 5.98. The molecule has 0 unspecified atom stereocenters. The van der Waals surface area contributed by atoms with E-state index in [9.17, 15) is 5.11 Å². The van der Waals surface area contributed by atoms with Crippen LogP contribution < -0.4 is 4.74 Å². The smallest absolute Gasteiger partial charge is 0.220 e. The number of hydrogen-bond donors (Lipinski definition) is 1. The van der Waals surface area contributed by atoms with Gasteiger partial charge in [-0.25, -0.2) is 9.37 Å². The third-order valence-electron chi connectivity index (χ3n) is 5.06. The van der Waals surface area contributed by atoms with Gasteiger partial charge in [0, 0.05) is 29.9 Å². The van der Waals surface area contributed by atoms with Gasteiger partial charge in [-0.1, -0.05) is 35.9 Å². The molecular weight excluding hydrogens is 419 g/mol. The van der Waals surface area contributed by atoms with Crippen LogP contribution in [-0.4, -0.2) is 24.0 Å². The highest BCUT2D eigenvalue weighted by Crippen LogP contribution is 2.41. The second-order valence-corrected chi connectivity index (χ2v) is 7.38. The van der Waals surface area contributed by atoms with Crippen molar-refractivity contribution < 1.29 is 19.0 Å². The number of rotatable bonds is 6. The summed E-state index contributed by atoms with van der Waals surface area (Å²) in [6.07, 6.45) is 0.496. The molecule has 1 aromatic heterocycles. The SMILES string of the molecule is COCOc1cc(-c2c(CCC#N)cc3c(O)nc(Cl)cc3c2F)c2ccccc2c1. The van der Waals surface area contributed by atoms with Crippen LogP contribution in [0.2, 0.25) is 5.15 Å². The average molecular weight is 437 g/mol. The number of hydrogen-bond acceptors (Lipinski definition) is 5. The summed E-state index contributed by atoms with van der Waals surface area (Å²) in [5.41, 5.74) is 1.53. The number of aromatic hydroxyl groups is 1. The molecule has 5 nitrogen and oxygen atoms in total. The van der Waals surface area contributed by atoms with Crippen molar-refractivity contribution in [2.75, 3.05) is 13.9 Å². The molecule has 0 radical (unpaired) electrons. The summed E-state index contributed by atoms with van der Waals surface area (Å²) in [6.45, 7) is 0.0500. The van der Waals surface area contributed by atoms with Gasteiger partial charge in [0.15, 0.2) is 6.79 Å². The monoisotopic (exact) mass is 436 g/mol. The molecule has 1 N–H and O–H groups in total. The summed E-state index contributed by atoms with van der Waals surface area (Å²) < 4.78 is 26.6. The fraction of sp³-hybridized carbons (Fsp3) is 0.167. The van der Waals surface area contributed by atoms with Crippen LogP contribution in [0.4, 0.5) is 4.39 Å². The van der Waals surface area contributed by atoms with Gasteiger partial charge in [-0.3, -0.25) is 0 Å². The van der Waals surface area contributed by atoms with Gasteiger partial charge in [-0.2, -0.15) is 5.26 Å². The Morgan fingerprint density at radius 3 is 2.71 bits per heavy atom. The normalized spacial score (nSPS) is 11.0. The van der Waals surface area contributed by atoms with Crippen LogP contribution in [0, 0.1) is 17.1 Å². The van der Waals surface area contributed by atoms with E-state index < -0.39 is 5.82 Å². The zero-order valence-corrected chi connectivity index (χ0v) is 17.4. The maximum absolute atomic E-state index is 16.0. The Hall–Kier alpha value is -3.40. The minimum atomic E-state index is -0.543. The van der Waals surface area contributed by atoms with E-state index in [4.69, 9.17) is 26.3 Å². The summed E-state index contributed by atoms with van der Waals surface area (Å²) in [7, 11) is 1.52. The highest BCUT2D eigenvalue weighted by molar-refractivity contribution is 6.30. The number of nitriles is 1. The third kappa shape index (κ3) is 3.98. The lowest BCUT2D eigenvalue weighted by Gasteiger charge is -2.17. The Bertz CT molecular complexity index is 1330. The molecule has 0 aliphatic heterocycles. The number of methoxy groups -OCH3 is 1. The minimum absolute atomic E-state index is 0.0124. The molecule has 0 spiro atoms. The maximum Gasteiger partial charge on any atom is 0.220 e. The van der Waals surface area contributed by atoms with Gasteiger partial charge in [-0.15, -0.1) is 0 Å². The van der Waals surface area contributed by atoms with Crippen LogP contribution in [0.1, 0.15) is 12.0 Å². The molecule has 0 amide bonds. The number of ether oxygens (including phenoxy) is 2. The van der Waals surface area contributed by atoms with Crippen LogP contribution in [0.5, 0.6) is 11.6 Å². The van der Waals surface area contributed by atoms with Gasteiger partial charge >= 0.3 is 0 Å². The topological polar surface area (TPSA) is 75.4 Å². The first-order valence-electron chi connectivity index (χ1n) is 9.56. The second-order valence-electron chi connectivity index (χ2n) is 6.99. The fourth-order valence-electron chi connectivity index (χ4n) is 3.74. The van der Waals surface area contributed by atoms with Crippen molar-refractivity contribution in [2.24, 2.45) is 0 Å². The van der Waals surface area contributed by atoms with Crippen molar-refractivity contribution in [1.82, 2.24) is 4.98 Å². The van der Waals surface area contributed by atoms with E-state index in [0.717, 1.165) is 10.8 Å². The van der Waals surface area contributed by atoms with E-state index in [2.05, 4.69) is 11.1 Å². The molecule has 1 heterocycles. The Kier molecular flexibility index (Phi) is 5.90. The minimum Gasteiger partial charge on any atom is -0.493 e. The highest BCUT2D eigenvalue weighted by Gasteiger charge is 2.20. The van der Waals surface area contributed by atoms with Crippen molar-refractivity contribution in [3.63, 3.8) is 0 Å². The van der Waals surface area contributed by atoms with E-state index in [0.29, 0.717) is 28.9 Å². The van der Waals surface area contributed by atoms with Gasteiger partial charge in [0.1, 0.15) is 16.7 Å². The molecule has 0 saturated heterocycles. The van der Waals surface area contributed by atoms with E-state index in [1.54, 1.807) is 12.1 Å². The van der Waals surface area contributed by atoms with Crippen LogP contribution in [0.15, 0.2) is 48.5 Å². The zero-order valence-electron chi connectivity index (χ0n) is 16.7. The Morgan fingerprint density at radius 1 is 1.13 bits per heavy atom. The molecule has 156 valence electrons. The number of fused-ring (bicyclic) bond motifs is 2. The molecule has 0 fully saturated rings. The number of aromatic nitrogens is 1. The predicted molar refractivity (Wildman–Crippen MR) is 118 cm³/mol. The molecule has 3 aromatic carbocycles. The molecule has 0 saturated carbocycles. The van der Waals surface area contributed by atoms with Crippen molar-refractivity contribution >= 4 is 33.1 Å². The van der Waals surface area contributed by atoms with Crippen LogP contribution in [0.25, 0.3) is 32.7 Å². The lowest BCUT2D eigenvalue weighted by molar-refractivity contribution is 0.0512. The number of aryl methyl sites for hydroxylation is 1. The van der Waals surface area contributed by atoms with Gasteiger partial charge < -0.3 is 14.6 Å². The van der Waals surface area contributed by atoms with Crippen molar-refractivity contribution in [3.05, 3.63) is 65.1 Å². The number of benzene rings is 3. The molecule has 0 aliphatic rings. The first-order chi connectivity index (χ1) is 15.0. The fourth-order valence-corrected chi connectivity index (χ4v) is 3.93. The Labute approximate surface area is 183 Å². The molecule has 4 rings (SSSR count). The zero-order chi connectivity index (χ0) is 22.0. The third-order valence-corrected chi connectivity index (χ3v) is 5.25. The average Bonchev–Trinajstić information content (AvgIpc) is 2.76. The van der Waals surface area contributed by atoms with Crippen LogP contribution in [-0.2, 0) is 11.2 Å². The standard InChI is InChI=1S/C24H18ClFN2O3/c1-30-13-31-16-9-14-5-2-3-7-17(14)18(11-16)22-15(6-4-8-27)10-20-19(23(22)26)12-21(25)28-24(20)29/h2-3,5,7,9-12H,4,6,13H2,1H3,(H,28,29). The van der Waals surface area contributed by atoms with Gasteiger partial charge in [-0.05, 0) is 52.6 Å². The van der Waals surface area contributed by atoms with Crippen LogP contribution >= 0.6 is 11.6 Å². The Balaban J connectivity index is 2.08. The van der Waals surface area contributed by atoms with Gasteiger partial charge in [0.2, 0.25) is 5.88 Å². The summed E-state index contributed by atoms with van der Waals surface area (Å²) in [6, 6.07) is 16.4. The molecule has 0 bridgehead atoms. The van der Waals surface area contributed by atoms with Crippen molar-refractivity contribution in [3.8, 4) is 28.8 Å². The van der Waals surface area contributed by atoms with E-state index in [1.807, 2.05) is 30.3 Å². The molecule has 0 aliphatic carbocycles. The van der Waals surface area contributed by atoms with Crippen molar-refractivity contribution in [2.45, 2.75) is 12.8 Å². The number of pyridine rings is 1. The van der Waals surface area contributed by atoms with E-state index in [-0.39, 0.29) is 35.0 Å². The number of halogens is 2. The molecule has 0 atom stereocenters. The lowest BCUT2D eigenvalue weighted by atomic mass is 9.90. The molecule has 4 aromatic rings.